The highest BCUT2D eigenvalue weighted by Gasteiger charge is 2.22. The van der Waals surface area contributed by atoms with E-state index in [0.717, 1.165) is 36.2 Å². The summed E-state index contributed by atoms with van der Waals surface area (Å²) in [5.41, 5.74) is 1.02. The summed E-state index contributed by atoms with van der Waals surface area (Å²) in [7, 11) is 0. The molecular formula is C17H22N4OS. The lowest BCUT2D eigenvalue weighted by molar-refractivity contribution is 0.221. The maximum atomic E-state index is 5.82. The van der Waals surface area contributed by atoms with Crippen LogP contribution in [0.3, 0.4) is 0 Å². The number of hydrogen-bond acceptors (Lipinski definition) is 6. The van der Waals surface area contributed by atoms with Crippen LogP contribution in [0.4, 0.5) is 5.82 Å². The Kier molecular flexibility index (Phi) is 5.33. The van der Waals surface area contributed by atoms with Gasteiger partial charge in [-0.05, 0) is 32.1 Å². The van der Waals surface area contributed by atoms with Crippen LogP contribution in [0.5, 0.6) is 5.88 Å². The fourth-order valence-corrected chi connectivity index (χ4v) is 3.24. The van der Waals surface area contributed by atoms with Crippen molar-refractivity contribution in [3.05, 3.63) is 36.2 Å². The molecule has 0 amide bonds. The molecule has 0 N–H and O–H groups in total. The average Bonchev–Trinajstić information content (AvgIpc) is 2.60. The fourth-order valence-electron chi connectivity index (χ4n) is 2.82. The Labute approximate surface area is 141 Å². The van der Waals surface area contributed by atoms with Crippen LogP contribution < -0.4 is 9.64 Å². The molecular weight excluding hydrogens is 308 g/mol. The second-order valence-electron chi connectivity index (χ2n) is 5.79. The molecule has 3 heterocycles. The van der Waals surface area contributed by atoms with Crippen molar-refractivity contribution in [3.63, 3.8) is 0 Å². The molecule has 23 heavy (non-hydrogen) atoms. The van der Waals surface area contributed by atoms with Crippen molar-refractivity contribution in [2.75, 3.05) is 30.9 Å². The van der Waals surface area contributed by atoms with Gasteiger partial charge in [-0.2, -0.15) is 0 Å². The van der Waals surface area contributed by atoms with E-state index < -0.39 is 0 Å². The van der Waals surface area contributed by atoms with Crippen LogP contribution in [0, 0.1) is 12.8 Å². The fraction of sp³-hybridized carbons (Fsp3) is 0.471. The molecule has 1 aliphatic heterocycles. The third-order valence-electron chi connectivity index (χ3n) is 3.95. The van der Waals surface area contributed by atoms with E-state index in [1.54, 1.807) is 18.0 Å². The molecule has 0 aliphatic carbocycles. The van der Waals surface area contributed by atoms with Crippen LogP contribution in [0.15, 0.2) is 35.6 Å². The second-order valence-corrected chi connectivity index (χ2v) is 6.56. The predicted molar refractivity (Wildman–Crippen MR) is 93.2 cm³/mol. The van der Waals surface area contributed by atoms with Gasteiger partial charge in [-0.15, -0.1) is 0 Å². The Balaban J connectivity index is 1.63. The third kappa shape index (κ3) is 4.34. The Bertz CT molecular complexity index is 638. The number of anilines is 1. The van der Waals surface area contributed by atoms with E-state index in [4.69, 9.17) is 4.74 Å². The Morgan fingerprint density at radius 1 is 1.35 bits per heavy atom. The minimum Gasteiger partial charge on any atom is -0.477 e. The summed E-state index contributed by atoms with van der Waals surface area (Å²) >= 11 is 1.59. The second kappa shape index (κ2) is 7.64. The number of hydrogen-bond donors (Lipinski definition) is 0. The van der Waals surface area contributed by atoms with Crippen molar-refractivity contribution in [2.45, 2.75) is 24.9 Å². The van der Waals surface area contributed by atoms with Crippen LogP contribution in [0.1, 0.15) is 18.5 Å². The molecule has 2 aromatic heterocycles. The number of aryl methyl sites for hydroxylation is 1. The number of ether oxygens (including phenoxy) is 1. The van der Waals surface area contributed by atoms with Gasteiger partial charge in [0.1, 0.15) is 5.82 Å². The maximum Gasteiger partial charge on any atom is 0.213 e. The quantitative estimate of drug-likeness (QED) is 0.620. The minimum absolute atomic E-state index is 0.499. The average molecular weight is 330 g/mol. The van der Waals surface area contributed by atoms with E-state index in [1.165, 1.54) is 6.42 Å². The normalized spacial score (nSPS) is 18.0. The molecule has 0 spiro atoms. The molecule has 0 aromatic carbocycles. The summed E-state index contributed by atoms with van der Waals surface area (Å²) in [6.07, 6.45) is 6.12. The first kappa shape index (κ1) is 16.1. The molecule has 1 atom stereocenters. The monoisotopic (exact) mass is 330 g/mol. The number of piperidine rings is 1. The van der Waals surface area contributed by atoms with Crippen LogP contribution in [-0.4, -0.2) is 40.9 Å². The highest BCUT2D eigenvalue weighted by molar-refractivity contribution is 7.98. The first-order valence-corrected chi connectivity index (χ1v) is 9.15. The van der Waals surface area contributed by atoms with Gasteiger partial charge in [-0.1, -0.05) is 17.8 Å². The lowest BCUT2D eigenvalue weighted by Gasteiger charge is -2.33. The first-order valence-electron chi connectivity index (χ1n) is 7.93. The Morgan fingerprint density at radius 2 is 2.26 bits per heavy atom. The van der Waals surface area contributed by atoms with E-state index in [2.05, 4.69) is 25.9 Å². The summed E-state index contributed by atoms with van der Waals surface area (Å²) in [6.45, 7) is 4.74. The van der Waals surface area contributed by atoms with E-state index in [9.17, 15) is 0 Å². The molecule has 1 unspecified atom stereocenters. The van der Waals surface area contributed by atoms with Gasteiger partial charge < -0.3 is 9.64 Å². The van der Waals surface area contributed by atoms with E-state index >= 15 is 0 Å². The summed E-state index contributed by atoms with van der Waals surface area (Å²) < 4.78 is 5.82. The van der Waals surface area contributed by atoms with Crippen molar-refractivity contribution in [1.82, 2.24) is 15.0 Å². The van der Waals surface area contributed by atoms with Gasteiger partial charge in [-0.25, -0.2) is 15.0 Å². The van der Waals surface area contributed by atoms with Gasteiger partial charge in [0.05, 0.1) is 6.61 Å². The van der Waals surface area contributed by atoms with Crippen LogP contribution in [-0.2, 0) is 0 Å². The number of aromatic nitrogens is 3. The third-order valence-corrected chi connectivity index (χ3v) is 4.50. The molecule has 1 fully saturated rings. The van der Waals surface area contributed by atoms with Gasteiger partial charge in [-0.3, -0.25) is 0 Å². The molecule has 3 rings (SSSR count). The van der Waals surface area contributed by atoms with Crippen LogP contribution in [0.25, 0.3) is 0 Å². The molecule has 1 saturated heterocycles. The van der Waals surface area contributed by atoms with Crippen molar-refractivity contribution in [1.29, 1.82) is 0 Å². The van der Waals surface area contributed by atoms with E-state index in [-0.39, 0.29) is 0 Å². The molecule has 122 valence electrons. The molecule has 6 heteroatoms. The minimum atomic E-state index is 0.499. The molecule has 0 saturated carbocycles. The van der Waals surface area contributed by atoms with E-state index in [1.807, 2.05) is 31.4 Å². The SMILES string of the molecule is CSc1nc(C)cc(N2CCCC(COc3ccccn3)C2)n1. The zero-order valence-corrected chi connectivity index (χ0v) is 14.4. The van der Waals surface area contributed by atoms with Crippen molar-refractivity contribution in [2.24, 2.45) is 5.92 Å². The molecule has 2 aromatic rings. The lowest BCUT2D eigenvalue weighted by Crippen LogP contribution is -2.38. The number of nitrogens with zero attached hydrogens (tertiary/aromatic N) is 4. The first-order chi connectivity index (χ1) is 11.2. The summed E-state index contributed by atoms with van der Waals surface area (Å²) in [4.78, 5) is 15.7. The lowest BCUT2D eigenvalue weighted by atomic mass is 9.99. The zero-order chi connectivity index (χ0) is 16.1. The van der Waals surface area contributed by atoms with Crippen molar-refractivity contribution in [3.8, 4) is 5.88 Å². The highest BCUT2D eigenvalue weighted by Crippen LogP contribution is 2.24. The van der Waals surface area contributed by atoms with Gasteiger partial charge >= 0.3 is 0 Å². The topological polar surface area (TPSA) is 51.1 Å². The van der Waals surface area contributed by atoms with Gasteiger partial charge in [0.25, 0.3) is 0 Å². The van der Waals surface area contributed by atoms with Crippen LogP contribution in [0.2, 0.25) is 0 Å². The maximum absolute atomic E-state index is 5.82. The standard InChI is InChI=1S/C17H22N4OS/c1-13-10-15(20-17(19-13)23-2)21-9-5-6-14(11-21)12-22-16-7-3-4-8-18-16/h3-4,7-8,10,14H,5-6,9,11-12H2,1-2H3. The van der Waals surface area contributed by atoms with Gasteiger partial charge in [0.15, 0.2) is 5.16 Å². The molecule has 1 aliphatic rings. The predicted octanol–water partition coefficient (Wildman–Crippen LogP) is 3.20. The summed E-state index contributed by atoms with van der Waals surface area (Å²) in [5.74, 6) is 2.23. The summed E-state index contributed by atoms with van der Waals surface area (Å²) in [6, 6.07) is 7.82. The van der Waals surface area contributed by atoms with Crippen molar-refractivity contribution >= 4 is 17.6 Å². The number of pyridine rings is 1. The van der Waals surface area contributed by atoms with E-state index in [0.29, 0.717) is 18.4 Å². The number of rotatable bonds is 5. The zero-order valence-electron chi connectivity index (χ0n) is 13.6. The van der Waals surface area contributed by atoms with Gasteiger partial charge in [0.2, 0.25) is 5.88 Å². The smallest absolute Gasteiger partial charge is 0.213 e. The number of thioether (sulfide) groups is 1. The van der Waals surface area contributed by atoms with Crippen molar-refractivity contribution < 1.29 is 4.74 Å². The highest BCUT2D eigenvalue weighted by atomic mass is 32.2. The molecule has 0 bridgehead atoms. The molecule has 0 radical (unpaired) electrons. The van der Waals surface area contributed by atoms with Gasteiger partial charge in [0, 0.05) is 43.0 Å². The Hall–Kier alpha value is -1.82. The summed E-state index contributed by atoms with van der Waals surface area (Å²) in [5, 5.41) is 0.840. The largest absolute Gasteiger partial charge is 0.477 e. The van der Waals surface area contributed by atoms with Crippen LogP contribution >= 0.6 is 11.8 Å². The molecule has 5 nitrogen and oxygen atoms in total. The Morgan fingerprint density at radius 3 is 3.04 bits per heavy atom.